The summed E-state index contributed by atoms with van der Waals surface area (Å²) in [4.78, 5) is 11.1. The van der Waals surface area contributed by atoms with Crippen LogP contribution in [-0.4, -0.2) is 5.24 Å². The van der Waals surface area contributed by atoms with Gasteiger partial charge >= 0.3 is 0 Å². The van der Waals surface area contributed by atoms with Gasteiger partial charge in [-0.25, -0.2) is 0 Å². The molecule has 0 heterocycles. The van der Waals surface area contributed by atoms with Crippen LogP contribution in [0.1, 0.15) is 20.8 Å². The molecule has 0 aromatic carbocycles. The number of hydrogen-bond donors (Lipinski definition) is 0. The lowest BCUT2D eigenvalue weighted by molar-refractivity contribution is -0.113. The van der Waals surface area contributed by atoms with E-state index < -0.39 is 0 Å². The fourth-order valence-corrected chi connectivity index (χ4v) is 2.34. The molecule has 0 aromatic rings. The first-order chi connectivity index (χ1) is 6.95. The molecule has 1 fully saturated rings. The fourth-order valence-electron chi connectivity index (χ4n) is 1.93. The number of nitrogens with zero attached hydrogens (tertiary/aromatic N) is 1. The second-order valence-electron chi connectivity index (χ2n) is 4.36. The number of carbonyl (C=O) groups is 1. The Kier molecular flexibility index (Phi) is 3.36. The summed E-state index contributed by atoms with van der Waals surface area (Å²) in [6, 6.07) is 2.09. The van der Waals surface area contributed by atoms with Crippen molar-refractivity contribution in [3.8, 4) is 6.07 Å². The van der Waals surface area contributed by atoms with Gasteiger partial charge < -0.3 is 0 Å². The number of rotatable bonds is 3. The third kappa shape index (κ3) is 2.30. The Morgan fingerprint density at radius 3 is 2.47 bits per heavy atom. The van der Waals surface area contributed by atoms with E-state index in [0.717, 1.165) is 0 Å². The van der Waals surface area contributed by atoms with Crippen LogP contribution in [0.25, 0.3) is 0 Å². The van der Waals surface area contributed by atoms with E-state index >= 15 is 0 Å². The molecule has 2 nitrogen and oxygen atoms in total. The van der Waals surface area contributed by atoms with Gasteiger partial charge in [0.1, 0.15) is 0 Å². The first kappa shape index (κ1) is 12.0. The third-order valence-electron chi connectivity index (χ3n) is 2.99. The first-order valence-electron chi connectivity index (χ1n) is 4.89. The van der Waals surface area contributed by atoms with Crippen molar-refractivity contribution in [2.24, 2.45) is 17.3 Å². The summed E-state index contributed by atoms with van der Waals surface area (Å²) in [5, 5.41) is 8.53. The molecule has 1 saturated carbocycles. The molecular weight excluding hydrogens is 210 g/mol. The lowest BCUT2D eigenvalue weighted by Crippen LogP contribution is -1.96. The van der Waals surface area contributed by atoms with Crippen molar-refractivity contribution in [3.05, 3.63) is 23.8 Å². The summed E-state index contributed by atoms with van der Waals surface area (Å²) in [5.41, 5.74) is 0.485. The summed E-state index contributed by atoms with van der Waals surface area (Å²) < 4.78 is 0. The van der Waals surface area contributed by atoms with Crippen molar-refractivity contribution < 1.29 is 4.79 Å². The highest BCUT2D eigenvalue weighted by atomic mass is 35.5. The van der Waals surface area contributed by atoms with Gasteiger partial charge in [0.15, 0.2) is 0 Å². The summed E-state index contributed by atoms with van der Waals surface area (Å²) >= 11 is 5.49. The van der Waals surface area contributed by atoms with Crippen LogP contribution in [0.15, 0.2) is 23.8 Å². The summed E-state index contributed by atoms with van der Waals surface area (Å²) in [5.74, 6) is -0.0545. The van der Waals surface area contributed by atoms with Crippen LogP contribution in [0.3, 0.4) is 0 Å². The SMILES string of the molecule is C/C=C/C(C#N)=C/[C@@H]1C(C(=O)Cl)C1(C)C. The van der Waals surface area contributed by atoms with E-state index in [2.05, 4.69) is 6.07 Å². The highest BCUT2D eigenvalue weighted by Crippen LogP contribution is 2.60. The van der Waals surface area contributed by atoms with Gasteiger partial charge in [0.2, 0.25) is 5.24 Å². The van der Waals surface area contributed by atoms with E-state index in [1.165, 1.54) is 0 Å². The molecule has 0 saturated heterocycles. The Morgan fingerprint density at radius 1 is 1.53 bits per heavy atom. The first-order valence-corrected chi connectivity index (χ1v) is 5.27. The molecule has 0 radical (unpaired) electrons. The fraction of sp³-hybridized carbons (Fsp3) is 0.500. The molecule has 1 unspecified atom stereocenters. The van der Waals surface area contributed by atoms with Crippen molar-refractivity contribution in [2.45, 2.75) is 20.8 Å². The Morgan fingerprint density at radius 2 is 2.13 bits per heavy atom. The molecule has 0 bridgehead atoms. The minimum atomic E-state index is -0.306. The van der Waals surface area contributed by atoms with Crippen molar-refractivity contribution >= 4 is 16.8 Å². The lowest BCUT2D eigenvalue weighted by Gasteiger charge is -1.96. The molecule has 0 N–H and O–H groups in total. The molecule has 1 aliphatic carbocycles. The number of hydrogen-bond acceptors (Lipinski definition) is 2. The summed E-state index contributed by atoms with van der Waals surface area (Å²) in [7, 11) is 0. The van der Waals surface area contributed by atoms with E-state index in [1.807, 2.05) is 32.9 Å². The van der Waals surface area contributed by atoms with E-state index in [0.29, 0.717) is 5.57 Å². The average Bonchev–Trinajstić information content (AvgIpc) is 2.67. The van der Waals surface area contributed by atoms with Gasteiger partial charge in [0, 0.05) is 11.5 Å². The topological polar surface area (TPSA) is 40.9 Å². The van der Waals surface area contributed by atoms with E-state index in [4.69, 9.17) is 16.9 Å². The highest BCUT2D eigenvalue weighted by molar-refractivity contribution is 6.64. The Bertz CT molecular complexity index is 374. The minimum absolute atomic E-state index is 0.0911. The van der Waals surface area contributed by atoms with Crippen LogP contribution in [0.2, 0.25) is 0 Å². The molecule has 2 atom stereocenters. The number of nitriles is 1. The molecule has 1 aliphatic rings. The zero-order valence-corrected chi connectivity index (χ0v) is 9.88. The number of allylic oxidation sites excluding steroid dienone is 4. The van der Waals surface area contributed by atoms with Crippen LogP contribution < -0.4 is 0 Å². The van der Waals surface area contributed by atoms with E-state index in [9.17, 15) is 4.79 Å². The quantitative estimate of drug-likeness (QED) is 0.419. The highest BCUT2D eigenvalue weighted by Gasteiger charge is 2.59. The monoisotopic (exact) mass is 223 g/mol. The van der Waals surface area contributed by atoms with Crippen LogP contribution in [0.4, 0.5) is 0 Å². The Balaban J connectivity index is 2.86. The zero-order valence-electron chi connectivity index (χ0n) is 9.12. The molecule has 15 heavy (non-hydrogen) atoms. The van der Waals surface area contributed by atoms with Gasteiger partial charge in [0.05, 0.1) is 6.07 Å². The minimum Gasteiger partial charge on any atom is -0.281 e. The van der Waals surface area contributed by atoms with Gasteiger partial charge in [-0.15, -0.1) is 0 Å². The van der Waals surface area contributed by atoms with Crippen molar-refractivity contribution in [3.63, 3.8) is 0 Å². The van der Waals surface area contributed by atoms with E-state index in [1.54, 1.807) is 6.08 Å². The molecule has 0 aromatic heterocycles. The second kappa shape index (κ2) is 4.20. The number of carbonyl (C=O) groups excluding carboxylic acids is 1. The van der Waals surface area contributed by atoms with Gasteiger partial charge in [-0.3, -0.25) is 4.79 Å². The Hall–Kier alpha value is -1.07. The summed E-state index contributed by atoms with van der Waals surface area (Å²) in [6.07, 6.45) is 5.39. The molecule has 3 heteroatoms. The maximum absolute atomic E-state index is 11.1. The van der Waals surface area contributed by atoms with E-state index in [-0.39, 0.29) is 22.5 Å². The lowest BCUT2D eigenvalue weighted by atomic mass is 10.1. The maximum Gasteiger partial charge on any atom is 0.225 e. The molecule has 0 aliphatic heterocycles. The molecule has 80 valence electrons. The number of halogens is 1. The second-order valence-corrected chi connectivity index (χ2v) is 4.74. The van der Waals surface area contributed by atoms with Crippen LogP contribution >= 0.6 is 11.6 Å². The third-order valence-corrected chi connectivity index (χ3v) is 3.22. The smallest absolute Gasteiger partial charge is 0.225 e. The molecule has 1 rings (SSSR count). The van der Waals surface area contributed by atoms with Gasteiger partial charge in [-0.2, -0.15) is 5.26 Å². The predicted molar refractivity (Wildman–Crippen MR) is 60.1 cm³/mol. The van der Waals surface area contributed by atoms with Crippen molar-refractivity contribution in [1.29, 1.82) is 5.26 Å². The van der Waals surface area contributed by atoms with Gasteiger partial charge in [-0.05, 0) is 35.9 Å². The van der Waals surface area contributed by atoms with Crippen LogP contribution in [0.5, 0.6) is 0 Å². The van der Waals surface area contributed by atoms with Crippen molar-refractivity contribution in [2.75, 3.05) is 0 Å². The average molecular weight is 224 g/mol. The molecular formula is C12H14ClNO. The Labute approximate surface area is 95.2 Å². The zero-order chi connectivity index (χ0) is 11.6. The summed E-state index contributed by atoms with van der Waals surface area (Å²) in [6.45, 7) is 5.83. The van der Waals surface area contributed by atoms with Gasteiger partial charge in [0.25, 0.3) is 0 Å². The normalized spacial score (nSPS) is 28.9. The van der Waals surface area contributed by atoms with Crippen LogP contribution in [0, 0.1) is 28.6 Å². The largest absolute Gasteiger partial charge is 0.281 e. The molecule has 0 spiro atoms. The van der Waals surface area contributed by atoms with Crippen LogP contribution in [-0.2, 0) is 4.79 Å². The maximum atomic E-state index is 11.1. The van der Waals surface area contributed by atoms with Gasteiger partial charge in [-0.1, -0.05) is 26.0 Å². The standard InChI is InChI=1S/C12H14ClNO/c1-4-5-8(7-14)6-9-10(11(13)15)12(9,2)3/h4-6,9-10H,1-3H3/b5-4+,8-6-/t9-,10?/m1/s1. The predicted octanol–water partition coefficient (Wildman–Crippen LogP) is 3.05. The van der Waals surface area contributed by atoms with Crippen molar-refractivity contribution in [1.82, 2.24) is 0 Å². The molecule has 0 amide bonds.